The molecule has 0 atom stereocenters. The third kappa shape index (κ3) is 67.5. The smallest absolute Gasteiger partial charge is 0.302 e. The van der Waals surface area contributed by atoms with Gasteiger partial charge in [-0.3, -0.25) is 14.4 Å². The summed E-state index contributed by atoms with van der Waals surface area (Å²) < 4.78 is 18.7. The first kappa shape index (κ1) is 48.7. The third-order valence-electron chi connectivity index (χ3n) is 3.26. The van der Waals surface area contributed by atoms with E-state index >= 15 is 0 Å². The maximum atomic E-state index is 10.0. The van der Waals surface area contributed by atoms with Crippen molar-refractivity contribution >= 4 is 29.5 Å². The standard InChI is InChI=1S/C12H10O.C5H10O2.C4H8O2.C4H8O.C3H6O2.C3H6O.C2H6O/c1-3-7-11(8-4-1)13-12-9-5-2-6-10-12;1-4(2)7-5(3)6;1-3-6-4(2)5;1-3-4(2)5;1-3(4)5-2;1-3(2)4;1-2-3/h1-10H;4H,1-3H3;3H2,1-2H3;3H2,1-2H3;1-2H3;1-2H3;3H,2H2,1H3. The monoisotopic (exact) mass is 610 g/mol. The first-order valence-electron chi connectivity index (χ1n) is 13.7. The van der Waals surface area contributed by atoms with Crippen LogP contribution in [0.4, 0.5) is 0 Å². The van der Waals surface area contributed by atoms with Crippen LogP contribution >= 0.6 is 0 Å². The van der Waals surface area contributed by atoms with Crippen molar-refractivity contribution in [3.8, 4) is 11.5 Å². The van der Waals surface area contributed by atoms with Crippen LogP contribution in [0, 0.1) is 0 Å². The summed E-state index contributed by atoms with van der Waals surface area (Å²) in [5.41, 5.74) is 0. The summed E-state index contributed by atoms with van der Waals surface area (Å²) in [6.45, 7) is 18.5. The van der Waals surface area contributed by atoms with Crippen molar-refractivity contribution in [2.75, 3.05) is 20.3 Å². The normalized spacial score (nSPS) is 8.14. The number of carbonyl (C=O) groups is 5. The van der Waals surface area contributed by atoms with Crippen molar-refractivity contribution in [1.82, 2.24) is 0 Å². The van der Waals surface area contributed by atoms with Crippen LogP contribution in [0.3, 0.4) is 0 Å². The second-order valence-corrected chi connectivity index (χ2v) is 8.29. The van der Waals surface area contributed by atoms with Gasteiger partial charge in [-0.15, -0.1) is 0 Å². The molecule has 0 aliphatic heterocycles. The number of para-hydroxylation sites is 2. The Bertz CT molecular complexity index is 872. The van der Waals surface area contributed by atoms with E-state index in [1.165, 1.54) is 41.7 Å². The average molecular weight is 611 g/mol. The van der Waals surface area contributed by atoms with Gasteiger partial charge >= 0.3 is 17.9 Å². The lowest BCUT2D eigenvalue weighted by molar-refractivity contribution is -0.144. The fourth-order valence-corrected chi connectivity index (χ4v) is 1.65. The number of ketones is 2. The molecule has 0 heterocycles. The highest BCUT2D eigenvalue weighted by Crippen LogP contribution is 2.19. The van der Waals surface area contributed by atoms with Crippen LogP contribution in [-0.4, -0.2) is 61.0 Å². The molecule has 2 aromatic rings. The van der Waals surface area contributed by atoms with E-state index in [0.717, 1.165) is 11.5 Å². The number of methoxy groups -OCH3 is 1. The summed E-state index contributed by atoms with van der Waals surface area (Å²) in [6.07, 6.45) is 0.692. The number of aliphatic hydroxyl groups excluding tert-OH is 1. The zero-order chi connectivity index (χ0) is 34.6. The topological polar surface area (TPSA) is 142 Å². The molecule has 10 nitrogen and oxygen atoms in total. The molecule has 0 aromatic heterocycles. The molecule has 0 unspecified atom stereocenters. The van der Waals surface area contributed by atoms with Gasteiger partial charge in [0.25, 0.3) is 0 Å². The molecular formula is C33H54O10. The van der Waals surface area contributed by atoms with Gasteiger partial charge in [-0.25, -0.2) is 0 Å². The highest BCUT2D eigenvalue weighted by atomic mass is 16.5. The molecule has 0 saturated heterocycles. The fraction of sp³-hybridized carbons (Fsp3) is 0.485. The molecule has 0 fully saturated rings. The molecule has 0 radical (unpaired) electrons. The van der Waals surface area contributed by atoms with E-state index in [-0.39, 0.29) is 42.2 Å². The van der Waals surface area contributed by atoms with Crippen molar-refractivity contribution in [3.63, 3.8) is 0 Å². The molecule has 2 aromatic carbocycles. The Kier molecular flexibility index (Phi) is 43.0. The fourth-order valence-electron chi connectivity index (χ4n) is 1.65. The summed E-state index contributed by atoms with van der Waals surface area (Å²) in [5, 5.41) is 7.57. The molecule has 10 heteroatoms. The maximum Gasteiger partial charge on any atom is 0.302 e. The van der Waals surface area contributed by atoms with Crippen LogP contribution in [-0.2, 0) is 38.2 Å². The molecule has 43 heavy (non-hydrogen) atoms. The minimum Gasteiger partial charge on any atom is -0.469 e. The van der Waals surface area contributed by atoms with Gasteiger partial charge in [0.2, 0.25) is 0 Å². The van der Waals surface area contributed by atoms with Crippen LogP contribution in [0.15, 0.2) is 60.7 Å². The zero-order valence-corrected chi connectivity index (χ0v) is 28.1. The van der Waals surface area contributed by atoms with Gasteiger partial charge in [0.15, 0.2) is 0 Å². The van der Waals surface area contributed by atoms with Crippen molar-refractivity contribution in [2.24, 2.45) is 0 Å². The summed E-state index contributed by atoms with van der Waals surface area (Å²) in [7, 11) is 1.35. The first-order chi connectivity index (χ1) is 20.0. The molecule has 0 aliphatic carbocycles. The Morgan fingerprint density at radius 3 is 1.09 bits per heavy atom. The number of benzene rings is 2. The van der Waals surface area contributed by atoms with E-state index in [2.05, 4.69) is 14.2 Å². The summed E-state index contributed by atoms with van der Waals surface area (Å²) >= 11 is 0. The molecule has 1 N–H and O–H groups in total. The molecule has 0 bridgehead atoms. The number of Topliss-reactive ketones (excluding diaryl/α,β-unsaturated/α-hetero) is 2. The number of rotatable bonds is 5. The quantitative estimate of drug-likeness (QED) is 0.285. The van der Waals surface area contributed by atoms with Gasteiger partial charge in [0, 0.05) is 33.8 Å². The predicted octanol–water partition coefficient (Wildman–Crippen LogP) is 6.76. The molecule has 0 amide bonds. The second-order valence-electron chi connectivity index (χ2n) is 8.29. The molecule has 0 aliphatic rings. The van der Waals surface area contributed by atoms with E-state index in [1.807, 2.05) is 81.4 Å². The molecule has 0 saturated carbocycles. The van der Waals surface area contributed by atoms with Crippen molar-refractivity contribution < 1.29 is 48.0 Å². The van der Waals surface area contributed by atoms with E-state index < -0.39 is 0 Å². The summed E-state index contributed by atoms with van der Waals surface area (Å²) in [5.74, 6) is 1.49. The molecule has 0 spiro atoms. The van der Waals surface area contributed by atoms with Gasteiger partial charge in [0.05, 0.1) is 19.8 Å². The largest absolute Gasteiger partial charge is 0.469 e. The van der Waals surface area contributed by atoms with E-state index in [0.29, 0.717) is 13.0 Å². The van der Waals surface area contributed by atoms with Gasteiger partial charge < -0.3 is 33.6 Å². The lowest BCUT2D eigenvalue weighted by atomic mass is 10.3. The van der Waals surface area contributed by atoms with Crippen LogP contribution in [0.5, 0.6) is 11.5 Å². The second kappa shape index (κ2) is 38.0. The van der Waals surface area contributed by atoms with Crippen LogP contribution < -0.4 is 4.74 Å². The van der Waals surface area contributed by atoms with Crippen molar-refractivity contribution in [1.29, 1.82) is 0 Å². The number of ether oxygens (including phenoxy) is 4. The van der Waals surface area contributed by atoms with Crippen LogP contribution in [0.1, 0.15) is 82.6 Å². The maximum absolute atomic E-state index is 10.0. The first-order valence-corrected chi connectivity index (χ1v) is 13.7. The number of aliphatic hydroxyl groups is 1. The van der Waals surface area contributed by atoms with Crippen molar-refractivity contribution in [3.05, 3.63) is 60.7 Å². The van der Waals surface area contributed by atoms with E-state index in [4.69, 9.17) is 9.84 Å². The summed E-state index contributed by atoms with van der Waals surface area (Å²) in [6, 6.07) is 19.5. The number of esters is 3. The number of carbonyl (C=O) groups excluding carboxylic acids is 5. The van der Waals surface area contributed by atoms with Gasteiger partial charge in [-0.1, -0.05) is 43.3 Å². The highest BCUT2D eigenvalue weighted by molar-refractivity contribution is 5.74. The third-order valence-corrected chi connectivity index (χ3v) is 3.26. The lowest BCUT2D eigenvalue weighted by Crippen LogP contribution is -2.06. The van der Waals surface area contributed by atoms with Crippen LogP contribution in [0.25, 0.3) is 0 Å². The lowest BCUT2D eigenvalue weighted by Gasteiger charge is -2.03. The Balaban J connectivity index is -0.000000140. The SMILES string of the molecule is CC(=O)OC(C)C.CC(C)=O.CCC(C)=O.CCO.CCOC(C)=O.COC(C)=O.c1ccc(Oc2ccccc2)cc1. The van der Waals surface area contributed by atoms with Gasteiger partial charge in [-0.05, 0) is 72.7 Å². The highest BCUT2D eigenvalue weighted by Gasteiger charge is 1.94. The Morgan fingerprint density at radius 1 is 0.674 bits per heavy atom. The van der Waals surface area contributed by atoms with Crippen molar-refractivity contribution in [2.45, 2.75) is 88.7 Å². The molecule has 2 rings (SSSR count). The number of hydrogen-bond donors (Lipinski definition) is 1. The molecular weight excluding hydrogens is 556 g/mol. The Hall–Kier alpha value is -4.05. The predicted molar refractivity (Wildman–Crippen MR) is 170 cm³/mol. The zero-order valence-electron chi connectivity index (χ0n) is 28.1. The number of hydrogen-bond acceptors (Lipinski definition) is 10. The van der Waals surface area contributed by atoms with E-state index in [1.54, 1.807) is 20.8 Å². The van der Waals surface area contributed by atoms with Gasteiger partial charge in [-0.2, -0.15) is 0 Å². The van der Waals surface area contributed by atoms with Gasteiger partial charge in [0.1, 0.15) is 23.1 Å². The van der Waals surface area contributed by atoms with Crippen LogP contribution in [0.2, 0.25) is 0 Å². The molecule has 246 valence electrons. The Labute approximate surface area is 258 Å². The Morgan fingerprint density at radius 2 is 0.977 bits per heavy atom. The van der Waals surface area contributed by atoms with E-state index in [9.17, 15) is 24.0 Å². The summed E-state index contributed by atoms with van der Waals surface area (Å²) in [4.78, 5) is 48.7. The minimum absolute atomic E-state index is 0.0255. The average Bonchev–Trinajstić information content (AvgIpc) is 2.90. The minimum atomic E-state index is -0.245.